The van der Waals surface area contributed by atoms with Crippen LogP contribution < -0.4 is 14.2 Å². The third-order valence-electron chi connectivity index (χ3n) is 11.4. The molecule has 12 nitrogen and oxygen atoms in total. The summed E-state index contributed by atoms with van der Waals surface area (Å²) in [5, 5.41) is 0.916. The molecule has 0 radical (unpaired) electrons. The normalized spacial score (nSPS) is 18.2. The van der Waals surface area contributed by atoms with E-state index in [9.17, 15) is 14.4 Å². The summed E-state index contributed by atoms with van der Waals surface area (Å²) in [4.78, 5) is 49.3. The molecule has 0 bridgehead atoms. The Morgan fingerprint density at radius 1 is 0.930 bits per heavy atom. The molecule has 7 rings (SSSR count). The summed E-state index contributed by atoms with van der Waals surface area (Å²) in [6, 6.07) is 20.3. The molecule has 0 aliphatic carbocycles. The third kappa shape index (κ3) is 8.41. The van der Waals surface area contributed by atoms with Gasteiger partial charge in [-0.2, -0.15) is 0 Å². The predicted molar refractivity (Wildman–Crippen MR) is 216 cm³/mol. The fourth-order valence-corrected chi connectivity index (χ4v) is 8.56. The van der Waals surface area contributed by atoms with Crippen LogP contribution in [-0.2, 0) is 21.5 Å². The molecule has 300 valence electrons. The average molecular weight is 818 g/mol. The number of likely N-dealkylation sites (tertiary alicyclic amines) is 2. The summed E-state index contributed by atoms with van der Waals surface area (Å²) in [5.74, 6) is 0.817. The van der Waals surface area contributed by atoms with E-state index in [1.165, 1.54) is 27.2 Å². The lowest BCUT2D eigenvalue weighted by molar-refractivity contribution is -0.132. The number of nitrogens with zero attached hydrogens (tertiary/aromatic N) is 4. The van der Waals surface area contributed by atoms with Crippen molar-refractivity contribution in [3.8, 4) is 17.2 Å². The maximum Gasteiger partial charge on any atom is 0.308 e. The molecule has 2 fully saturated rings. The molecule has 2 atom stereocenters. The number of aromatic nitrogens is 2. The summed E-state index contributed by atoms with van der Waals surface area (Å²) in [5.41, 5.74) is 2.54. The molecule has 57 heavy (non-hydrogen) atoms. The lowest BCUT2D eigenvalue weighted by atomic mass is 9.76. The van der Waals surface area contributed by atoms with E-state index >= 15 is 0 Å². The van der Waals surface area contributed by atoms with E-state index in [1.54, 1.807) is 25.5 Å². The van der Waals surface area contributed by atoms with Crippen molar-refractivity contribution in [3.63, 3.8) is 0 Å². The number of carbonyl (C=O) groups is 3. The van der Waals surface area contributed by atoms with Gasteiger partial charge < -0.3 is 37.7 Å². The van der Waals surface area contributed by atoms with E-state index < -0.39 is 11.4 Å². The van der Waals surface area contributed by atoms with Crippen molar-refractivity contribution in [1.29, 1.82) is 0 Å². The van der Waals surface area contributed by atoms with Gasteiger partial charge in [-0.25, -0.2) is 4.98 Å². The molecule has 0 spiro atoms. The van der Waals surface area contributed by atoms with Gasteiger partial charge in [-0.1, -0.05) is 41.4 Å². The molecular formula is C43H46Cl2N4O8. The number of methoxy groups -OCH3 is 3. The maximum atomic E-state index is 14.2. The van der Waals surface area contributed by atoms with Crippen molar-refractivity contribution >= 4 is 51.9 Å². The Morgan fingerprint density at radius 2 is 1.70 bits per heavy atom. The first-order valence-corrected chi connectivity index (χ1v) is 19.8. The molecule has 0 N–H and O–H groups in total. The number of esters is 1. The number of amides is 1. The molecule has 2 aliphatic rings. The zero-order valence-electron chi connectivity index (χ0n) is 32.5. The van der Waals surface area contributed by atoms with Crippen molar-refractivity contribution in [2.75, 3.05) is 54.1 Å². The third-order valence-corrected chi connectivity index (χ3v) is 12.1. The summed E-state index contributed by atoms with van der Waals surface area (Å²) >= 11 is 12.9. The first-order chi connectivity index (χ1) is 27.5. The van der Waals surface area contributed by atoms with Gasteiger partial charge in [0.25, 0.3) is 5.91 Å². The Bertz CT molecular complexity index is 2250. The Labute approximate surface area is 341 Å². The maximum absolute atomic E-state index is 14.2. The van der Waals surface area contributed by atoms with E-state index in [2.05, 4.69) is 4.90 Å². The number of ether oxygens (including phenoxy) is 4. The Morgan fingerprint density at radius 3 is 2.39 bits per heavy atom. The fraction of sp³-hybridized carbons (Fsp3) is 0.395. The van der Waals surface area contributed by atoms with Crippen LogP contribution in [0.4, 0.5) is 0 Å². The predicted octanol–water partition coefficient (Wildman–Crippen LogP) is 8.04. The van der Waals surface area contributed by atoms with Gasteiger partial charge in [0.2, 0.25) is 11.5 Å². The van der Waals surface area contributed by atoms with Crippen LogP contribution >= 0.6 is 23.2 Å². The number of rotatable bonds is 14. The van der Waals surface area contributed by atoms with Gasteiger partial charge in [-0.3, -0.25) is 14.4 Å². The Hall–Kier alpha value is -4.88. The molecule has 0 saturated carbocycles. The second kappa shape index (κ2) is 17.3. The van der Waals surface area contributed by atoms with Crippen LogP contribution in [0.5, 0.6) is 17.2 Å². The monoisotopic (exact) mass is 816 g/mol. The molecule has 2 aromatic heterocycles. The highest BCUT2D eigenvalue weighted by molar-refractivity contribution is 6.42. The van der Waals surface area contributed by atoms with Crippen molar-refractivity contribution in [2.24, 2.45) is 5.92 Å². The quantitative estimate of drug-likeness (QED) is 0.0618. The molecule has 4 heterocycles. The lowest BCUT2D eigenvalue weighted by Crippen LogP contribution is -2.41. The van der Waals surface area contributed by atoms with Gasteiger partial charge in [-0.15, -0.1) is 0 Å². The minimum Gasteiger partial charge on any atom is -0.493 e. The van der Waals surface area contributed by atoms with Crippen LogP contribution in [0.25, 0.3) is 11.0 Å². The Kier molecular flexibility index (Phi) is 12.2. The fourth-order valence-electron chi connectivity index (χ4n) is 8.26. The van der Waals surface area contributed by atoms with Crippen LogP contribution in [0, 0.1) is 5.92 Å². The molecule has 2 unspecified atom stereocenters. The number of carbonyl (C=O) groups excluding carboxylic acids is 3. The molecule has 5 aromatic rings. The topological polar surface area (TPSA) is 126 Å². The van der Waals surface area contributed by atoms with E-state index in [0.717, 1.165) is 42.7 Å². The minimum atomic E-state index is -0.547. The minimum absolute atomic E-state index is 0.0318. The Balaban J connectivity index is 1.06. The largest absolute Gasteiger partial charge is 0.493 e. The number of benzene rings is 3. The molecule has 1 amide bonds. The summed E-state index contributed by atoms with van der Waals surface area (Å²) in [7, 11) is 4.54. The van der Waals surface area contributed by atoms with E-state index in [0.29, 0.717) is 66.1 Å². The molecular weight excluding hydrogens is 771 g/mol. The van der Waals surface area contributed by atoms with Crippen molar-refractivity contribution < 1.29 is 37.7 Å². The standard InChI is InChI=1S/C43H46Cl2N4O8/c1-27(50)57-37-23-29(22-36(53-2)40(37)55-4)42(52)48-20-16-43(26-48,30-11-12-31(44)32(45)24-30)15-19-47-17-13-28(14-18-47)39(51)41-46-33-8-5-6-9-34(33)49(41)25-38(54-3)35-10-7-21-56-35/h5-12,21-24,28,38H,13-20,25-26H2,1-4H3. The summed E-state index contributed by atoms with van der Waals surface area (Å²) < 4.78 is 29.7. The second-order valence-electron chi connectivity index (χ2n) is 14.7. The van der Waals surface area contributed by atoms with Crippen molar-refractivity contribution in [3.05, 3.63) is 106 Å². The number of furan rings is 1. The number of fused-ring (bicyclic) bond motifs is 1. The molecule has 3 aromatic carbocycles. The first kappa shape index (κ1) is 40.3. The highest BCUT2D eigenvalue weighted by atomic mass is 35.5. The highest BCUT2D eigenvalue weighted by Gasteiger charge is 2.42. The van der Waals surface area contributed by atoms with E-state index in [-0.39, 0.29) is 41.0 Å². The number of Topliss-reactive ketones (excluding diaryl/α,β-unsaturated/α-hetero) is 1. The number of halogens is 2. The van der Waals surface area contributed by atoms with Crippen LogP contribution in [0.1, 0.15) is 71.0 Å². The van der Waals surface area contributed by atoms with Crippen LogP contribution in [0.15, 0.2) is 77.4 Å². The summed E-state index contributed by atoms with van der Waals surface area (Å²) in [6.45, 7) is 4.85. The number of hydrogen-bond donors (Lipinski definition) is 0. The number of ketones is 1. The number of imidazole rings is 1. The van der Waals surface area contributed by atoms with Crippen molar-refractivity contribution in [1.82, 2.24) is 19.4 Å². The zero-order chi connectivity index (χ0) is 40.3. The molecule has 14 heteroatoms. The van der Waals surface area contributed by atoms with Crippen LogP contribution in [0.2, 0.25) is 10.0 Å². The zero-order valence-corrected chi connectivity index (χ0v) is 34.0. The molecule has 2 saturated heterocycles. The van der Waals surface area contributed by atoms with Gasteiger partial charge >= 0.3 is 5.97 Å². The number of piperidine rings is 1. The lowest BCUT2D eigenvalue weighted by Gasteiger charge is -2.36. The van der Waals surface area contributed by atoms with E-state index in [4.69, 9.17) is 51.6 Å². The van der Waals surface area contributed by atoms with E-state index in [1.807, 2.05) is 58.0 Å². The number of para-hydroxylation sites is 2. The SMILES string of the molecule is COc1cc(C(=O)N2CCC(CCN3CCC(C(=O)c4nc5ccccc5n4CC(OC)c4ccco4)CC3)(c3ccc(Cl)c(Cl)c3)C2)cc(OC(C)=O)c1OC. The van der Waals surface area contributed by atoms with Gasteiger partial charge in [-0.05, 0) is 99.4 Å². The van der Waals surface area contributed by atoms with Crippen LogP contribution in [-0.4, -0.2) is 91.1 Å². The molecule has 2 aliphatic heterocycles. The second-order valence-corrected chi connectivity index (χ2v) is 15.5. The van der Waals surface area contributed by atoms with Crippen LogP contribution in [0.3, 0.4) is 0 Å². The van der Waals surface area contributed by atoms with Gasteiger partial charge in [0.15, 0.2) is 17.3 Å². The average Bonchev–Trinajstić information content (AvgIpc) is 4.00. The van der Waals surface area contributed by atoms with Crippen molar-refractivity contribution in [2.45, 2.75) is 50.7 Å². The smallest absolute Gasteiger partial charge is 0.308 e. The number of hydrogen-bond acceptors (Lipinski definition) is 10. The van der Waals surface area contributed by atoms with Gasteiger partial charge in [0, 0.05) is 44.0 Å². The first-order valence-electron chi connectivity index (χ1n) is 19.0. The van der Waals surface area contributed by atoms with Gasteiger partial charge in [0.05, 0.1) is 48.1 Å². The summed E-state index contributed by atoms with van der Waals surface area (Å²) in [6.07, 6.45) is 4.08. The van der Waals surface area contributed by atoms with Gasteiger partial charge in [0.1, 0.15) is 11.9 Å². The highest BCUT2D eigenvalue weighted by Crippen LogP contribution is 2.43.